The highest BCUT2D eigenvalue weighted by Crippen LogP contribution is 2.32. The van der Waals surface area contributed by atoms with Crippen molar-refractivity contribution in [3.63, 3.8) is 0 Å². The lowest BCUT2D eigenvalue weighted by molar-refractivity contribution is 0.464. The molecule has 0 bridgehead atoms. The summed E-state index contributed by atoms with van der Waals surface area (Å²) in [6, 6.07) is 11.4. The molecular formula is C16H11BrClFN4O. The van der Waals surface area contributed by atoms with Crippen LogP contribution in [0, 0.1) is 5.82 Å². The number of nitrogen functional groups attached to an aromatic ring is 1. The molecule has 0 aliphatic rings. The quantitative estimate of drug-likeness (QED) is 0.623. The van der Waals surface area contributed by atoms with Crippen molar-refractivity contribution in [3.05, 3.63) is 64.1 Å². The molecule has 122 valence electrons. The van der Waals surface area contributed by atoms with E-state index in [1.807, 2.05) is 12.1 Å². The topological polar surface area (TPSA) is 73.1 Å². The third-order valence-corrected chi connectivity index (χ3v) is 3.88. The van der Waals surface area contributed by atoms with Crippen molar-refractivity contribution in [1.29, 1.82) is 0 Å². The number of hydrogen-bond donors (Lipinski definition) is 2. The van der Waals surface area contributed by atoms with Crippen LogP contribution in [0.25, 0.3) is 0 Å². The van der Waals surface area contributed by atoms with Gasteiger partial charge in [-0.25, -0.2) is 9.37 Å². The van der Waals surface area contributed by atoms with Crippen LogP contribution in [0.4, 0.5) is 21.6 Å². The van der Waals surface area contributed by atoms with Gasteiger partial charge in [0.15, 0.2) is 5.82 Å². The predicted octanol–water partition coefficient (Wildman–Crippen LogP) is 5.15. The summed E-state index contributed by atoms with van der Waals surface area (Å²) in [7, 11) is 0. The summed E-state index contributed by atoms with van der Waals surface area (Å²) in [5, 5.41) is 2.96. The summed E-state index contributed by atoms with van der Waals surface area (Å²) in [5.41, 5.74) is 6.81. The van der Waals surface area contributed by atoms with Gasteiger partial charge in [-0.3, -0.25) is 0 Å². The van der Waals surface area contributed by atoms with Gasteiger partial charge in [-0.1, -0.05) is 27.5 Å². The largest absolute Gasteiger partial charge is 0.437 e. The maximum atomic E-state index is 13.2. The molecule has 0 fully saturated rings. The third-order valence-electron chi connectivity index (χ3n) is 3.06. The molecule has 1 aromatic heterocycles. The van der Waals surface area contributed by atoms with E-state index >= 15 is 0 Å². The fourth-order valence-electron chi connectivity index (χ4n) is 1.89. The maximum Gasteiger partial charge on any atom is 0.248 e. The first kappa shape index (κ1) is 16.5. The van der Waals surface area contributed by atoms with Crippen LogP contribution >= 0.6 is 27.5 Å². The molecule has 0 atom stereocenters. The van der Waals surface area contributed by atoms with Gasteiger partial charge in [0.1, 0.15) is 23.6 Å². The normalized spacial score (nSPS) is 10.5. The van der Waals surface area contributed by atoms with E-state index in [0.29, 0.717) is 17.3 Å². The van der Waals surface area contributed by atoms with Gasteiger partial charge < -0.3 is 15.8 Å². The zero-order valence-corrected chi connectivity index (χ0v) is 14.5. The maximum absolute atomic E-state index is 13.2. The summed E-state index contributed by atoms with van der Waals surface area (Å²) in [6.45, 7) is 0. The molecule has 8 heteroatoms. The van der Waals surface area contributed by atoms with E-state index in [-0.39, 0.29) is 16.6 Å². The second-order valence-electron chi connectivity index (χ2n) is 4.75. The monoisotopic (exact) mass is 408 g/mol. The number of halogens is 3. The highest BCUT2D eigenvalue weighted by Gasteiger charge is 2.11. The zero-order chi connectivity index (χ0) is 17.1. The van der Waals surface area contributed by atoms with Crippen LogP contribution in [0.2, 0.25) is 5.02 Å². The second-order valence-corrected chi connectivity index (χ2v) is 6.07. The van der Waals surface area contributed by atoms with Crippen molar-refractivity contribution in [2.24, 2.45) is 0 Å². The van der Waals surface area contributed by atoms with Gasteiger partial charge in [0.05, 0.1) is 5.02 Å². The van der Waals surface area contributed by atoms with Crippen molar-refractivity contribution in [2.75, 3.05) is 11.1 Å². The Morgan fingerprint density at radius 2 is 1.88 bits per heavy atom. The van der Waals surface area contributed by atoms with Crippen molar-refractivity contribution < 1.29 is 9.13 Å². The Morgan fingerprint density at radius 3 is 2.58 bits per heavy atom. The van der Waals surface area contributed by atoms with Crippen LogP contribution in [0.1, 0.15) is 0 Å². The predicted molar refractivity (Wildman–Crippen MR) is 95.4 cm³/mol. The van der Waals surface area contributed by atoms with Crippen LogP contribution in [0.5, 0.6) is 11.6 Å². The molecule has 5 nitrogen and oxygen atoms in total. The van der Waals surface area contributed by atoms with E-state index in [0.717, 1.165) is 4.47 Å². The van der Waals surface area contributed by atoms with Gasteiger partial charge in [-0.15, -0.1) is 0 Å². The van der Waals surface area contributed by atoms with Gasteiger partial charge in [0, 0.05) is 10.2 Å². The van der Waals surface area contributed by atoms with Gasteiger partial charge in [0.25, 0.3) is 0 Å². The van der Waals surface area contributed by atoms with E-state index in [2.05, 4.69) is 31.2 Å². The summed E-state index contributed by atoms with van der Waals surface area (Å²) in [5.74, 6) is 0.624. The number of anilines is 3. The SMILES string of the molecule is Nc1c(Nc2ccc(F)c(Cl)c2)ncnc1Oc1ccc(Br)cc1. The second kappa shape index (κ2) is 7.02. The van der Waals surface area contributed by atoms with E-state index in [1.165, 1.54) is 24.5 Å². The summed E-state index contributed by atoms with van der Waals surface area (Å²) in [6.07, 6.45) is 1.32. The highest BCUT2D eigenvalue weighted by molar-refractivity contribution is 9.10. The summed E-state index contributed by atoms with van der Waals surface area (Å²) >= 11 is 9.12. The van der Waals surface area contributed by atoms with Gasteiger partial charge >= 0.3 is 0 Å². The lowest BCUT2D eigenvalue weighted by atomic mass is 10.3. The lowest BCUT2D eigenvalue weighted by Gasteiger charge is -2.12. The van der Waals surface area contributed by atoms with E-state index < -0.39 is 5.82 Å². The molecule has 0 saturated carbocycles. The number of nitrogens with one attached hydrogen (secondary N) is 1. The number of aromatic nitrogens is 2. The Bertz CT molecular complexity index is 876. The Hall–Kier alpha value is -2.38. The molecule has 0 aliphatic carbocycles. The molecule has 2 aromatic carbocycles. The van der Waals surface area contributed by atoms with Crippen LogP contribution in [0.15, 0.2) is 53.3 Å². The third kappa shape index (κ3) is 3.74. The van der Waals surface area contributed by atoms with Gasteiger partial charge in [-0.05, 0) is 42.5 Å². The first-order valence-electron chi connectivity index (χ1n) is 6.79. The van der Waals surface area contributed by atoms with E-state index in [9.17, 15) is 4.39 Å². The number of nitrogens with zero attached hydrogens (tertiary/aromatic N) is 2. The Balaban J connectivity index is 1.84. The Kier molecular flexibility index (Phi) is 4.82. The van der Waals surface area contributed by atoms with Crippen LogP contribution in [-0.4, -0.2) is 9.97 Å². The number of rotatable bonds is 4. The van der Waals surface area contributed by atoms with Gasteiger partial charge in [0.2, 0.25) is 5.88 Å². The van der Waals surface area contributed by atoms with Crippen molar-refractivity contribution in [1.82, 2.24) is 9.97 Å². The molecule has 0 unspecified atom stereocenters. The minimum Gasteiger partial charge on any atom is -0.437 e. The fourth-order valence-corrected chi connectivity index (χ4v) is 2.33. The van der Waals surface area contributed by atoms with Gasteiger partial charge in [-0.2, -0.15) is 4.98 Å². The molecule has 3 N–H and O–H groups in total. The molecule has 0 amide bonds. The summed E-state index contributed by atoms with van der Waals surface area (Å²) in [4.78, 5) is 8.10. The van der Waals surface area contributed by atoms with Crippen molar-refractivity contribution >= 4 is 44.7 Å². The first-order valence-corrected chi connectivity index (χ1v) is 7.96. The number of hydrogen-bond acceptors (Lipinski definition) is 5. The molecule has 0 aliphatic heterocycles. The Labute approximate surface area is 150 Å². The van der Waals surface area contributed by atoms with Crippen LogP contribution in [0.3, 0.4) is 0 Å². The smallest absolute Gasteiger partial charge is 0.248 e. The lowest BCUT2D eigenvalue weighted by Crippen LogP contribution is -2.03. The molecule has 3 aromatic rings. The average molecular weight is 410 g/mol. The first-order chi connectivity index (χ1) is 11.5. The standard InChI is InChI=1S/C16H11BrClFN4O/c17-9-1-4-11(5-2-9)24-16-14(20)15(21-8-22-16)23-10-3-6-13(19)12(18)7-10/h1-8H,20H2,(H,21,22,23). The number of benzene rings is 2. The van der Waals surface area contributed by atoms with E-state index in [1.54, 1.807) is 12.1 Å². The molecule has 0 spiro atoms. The highest BCUT2D eigenvalue weighted by atomic mass is 79.9. The molecular weight excluding hydrogens is 399 g/mol. The summed E-state index contributed by atoms with van der Waals surface area (Å²) < 4.78 is 19.8. The molecule has 1 heterocycles. The number of nitrogens with two attached hydrogens (primary N) is 1. The Morgan fingerprint density at radius 1 is 1.12 bits per heavy atom. The van der Waals surface area contributed by atoms with Crippen LogP contribution in [-0.2, 0) is 0 Å². The average Bonchev–Trinajstić information content (AvgIpc) is 2.57. The van der Waals surface area contributed by atoms with E-state index in [4.69, 9.17) is 22.1 Å². The molecule has 24 heavy (non-hydrogen) atoms. The fraction of sp³-hybridized carbons (Fsp3) is 0. The zero-order valence-electron chi connectivity index (χ0n) is 12.1. The minimum absolute atomic E-state index is 0.000960. The molecule has 3 rings (SSSR count). The molecule has 0 saturated heterocycles. The molecule has 0 radical (unpaired) electrons. The minimum atomic E-state index is -0.503. The number of ether oxygens (including phenoxy) is 1. The van der Waals surface area contributed by atoms with Crippen LogP contribution < -0.4 is 15.8 Å². The van der Waals surface area contributed by atoms with Crippen molar-refractivity contribution in [3.8, 4) is 11.6 Å². The van der Waals surface area contributed by atoms with Crippen molar-refractivity contribution in [2.45, 2.75) is 0 Å².